The van der Waals surface area contributed by atoms with Crippen LogP contribution in [0.3, 0.4) is 0 Å². The molecule has 28 heavy (non-hydrogen) atoms. The number of nitrogens with zero attached hydrogens (tertiary/aromatic N) is 6. The van der Waals surface area contributed by atoms with Gasteiger partial charge in [-0.25, -0.2) is 0 Å². The van der Waals surface area contributed by atoms with E-state index in [4.69, 9.17) is 5.10 Å². The highest BCUT2D eigenvalue weighted by molar-refractivity contribution is 5.78. The molecule has 0 bridgehead atoms. The van der Waals surface area contributed by atoms with E-state index in [1.165, 1.54) is 22.5 Å². The fourth-order valence-corrected chi connectivity index (χ4v) is 4.41. The summed E-state index contributed by atoms with van der Waals surface area (Å²) in [5, 5.41) is 9.16. The number of carbonyl (C=O) groups excluding carboxylic acids is 1. The van der Waals surface area contributed by atoms with Crippen LogP contribution in [0.5, 0.6) is 0 Å². The fourth-order valence-electron chi connectivity index (χ4n) is 4.41. The van der Waals surface area contributed by atoms with Crippen molar-refractivity contribution in [2.24, 2.45) is 14.1 Å². The summed E-state index contributed by atoms with van der Waals surface area (Å²) in [6.07, 6.45) is 5.79. The van der Waals surface area contributed by atoms with Gasteiger partial charge >= 0.3 is 0 Å². The van der Waals surface area contributed by atoms with E-state index in [2.05, 4.69) is 28.2 Å². The number of carbonyl (C=O) groups is 1. The van der Waals surface area contributed by atoms with Gasteiger partial charge in [0.05, 0.1) is 12.7 Å². The lowest BCUT2D eigenvalue weighted by Gasteiger charge is -2.28. The van der Waals surface area contributed by atoms with E-state index >= 15 is 0 Å². The monoisotopic (exact) mass is 376 g/mol. The summed E-state index contributed by atoms with van der Waals surface area (Å²) >= 11 is 0. The molecule has 2 aliphatic heterocycles. The third-order valence-corrected chi connectivity index (χ3v) is 5.94. The Kier molecular flexibility index (Phi) is 3.79. The number of aromatic nitrogens is 4. The maximum absolute atomic E-state index is 11.9. The van der Waals surface area contributed by atoms with Crippen LogP contribution in [0.15, 0.2) is 30.6 Å². The Morgan fingerprint density at radius 2 is 1.96 bits per heavy atom. The van der Waals surface area contributed by atoms with Gasteiger partial charge in [-0.05, 0) is 23.6 Å². The van der Waals surface area contributed by atoms with E-state index in [0.717, 1.165) is 42.9 Å². The molecule has 1 amide bonds. The molecule has 3 aromatic rings. The lowest BCUT2D eigenvalue weighted by molar-refractivity contribution is -0.129. The van der Waals surface area contributed by atoms with Gasteiger partial charge in [0.25, 0.3) is 0 Å². The zero-order chi connectivity index (χ0) is 19.4. The fraction of sp³-hybridized carbons (Fsp3) is 0.381. The van der Waals surface area contributed by atoms with Crippen molar-refractivity contribution < 1.29 is 4.79 Å². The zero-order valence-corrected chi connectivity index (χ0v) is 16.5. The highest BCUT2D eigenvalue weighted by Crippen LogP contribution is 2.40. The molecule has 0 aliphatic carbocycles. The van der Waals surface area contributed by atoms with E-state index < -0.39 is 0 Å². The number of benzene rings is 1. The molecular formula is C21H24N6O. The summed E-state index contributed by atoms with van der Waals surface area (Å²) in [5.74, 6) is 1.12. The quantitative estimate of drug-likeness (QED) is 0.689. The summed E-state index contributed by atoms with van der Waals surface area (Å²) in [5.41, 5.74) is 7.25. The molecule has 144 valence electrons. The molecular weight excluding hydrogens is 352 g/mol. The molecule has 0 fully saturated rings. The minimum atomic E-state index is 0.126. The van der Waals surface area contributed by atoms with E-state index in [-0.39, 0.29) is 5.91 Å². The van der Waals surface area contributed by atoms with Crippen molar-refractivity contribution in [3.63, 3.8) is 0 Å². The first kappa shape index (κ1) is 17.0. The number of amides is 1. The minimum Gasteiger partial charge on any atom is -0.338 e. The van der Waals surface area contributed by atoms with Crippen LogP contribution in [-0.2, 0) is 38.3 Å². The topological polar surface area (TPSA) is 59.2 Å². The van der Waals surface area contributed by atoms with Crippen LogP contribution in [0.25, 0.3) is 11.1 Å². The second-order valence-electron chi connectivity index (χ2n) is 7.71. The van der Waals surface area contributed by atoms with E-state index in [1.54, 1.807) is 6.92 Å². The molecule has 4 heterocycles. The summed E-state index contributed by atoms with van der Waals surface area (Å²) < 4.78 is 3.82. The smallest absolute Gasteiger partial charge is 0.219 e. The van der Waals surface area contributed by atoms with Crippen LogP contribution >= 0.6 is 0 Å². The molecule has 0 unspecified atom stereocenters. The SMILES string of the molecule is CC(=O)N1CCc2c(c(N3CCc4ccc(-c5cnn(C)c5)cc43)nn2C)C1. The predicted molar refractivity (Wildman–Crippen MR) is 107 cm³/mol. The summed E-state index contributed by atoms with van der Waals surface area (Å²) in [7, 11) is 3.94. The predicted octanol–water partition coefficient (Wildman–Crippen LogP) is 2.42. The van der Waals surface area contributed by atoms with Crippen LogP contribution in [0.1, 0.15) is 23.7 Å². The average Bonchev–Trinajstić information content (AvgIpc) is 3.38. The van der Waals surface area contributed by atoms with Gasteiger partial charge in [0, 0.05) is 69.2 Å². The van der Waals surface area contributed by atoms with Crippen molar-refractivity contribution in [2.45, 2.75) is 26.3 Å². The first-order valence-electron chi connectivity index (χ1n) is 9.71. The summed E-state index contributed by atoms with van der Waals surface area (Å²) in [6, 6.07) is 6.63. The third-order valence-electron chi connectivity index (χ3n) is 5.94. The molecule has 0 saturated heterocycles. The highest BCUT2D eigenvalue weighted by Gasteiger charge is 2.31. The molecule has 0 atom stereocenters. The van der Waals surface area contributed by atoms with Crippen molar-refractivity contribution in [3.8, 4) is 11.1 Å². The van der Waals surface area contributed by atoms with E-state index in [0.29, 0.717) is 6.54 Å². The van der Waals surface area contributed by atoms with Gasteiger partial charge < -0.3 is 9.80 Å². The second-order valence-corrected chi connectivity index (χ2v) is 7.71. The molecule has 0 radical (unpaired) electrons. The second kappa shape index (κ2) is 6.22. The van der Waals surface area contributed by atoms with Crippen molar-refractivity contribution in [1.29, 1.82) is 0 Å². The number of aryl methyl sites for hydroxylation is 2. The minimum absolute atomic E-state index is 0.126. The van der Waals surface area contributed by atoms with Gasteiger partial charge in [0.2, 0.25) is 5.91 Å². The Bertz CT molecular complexity index is 1080. The Morgan fingerprint density at radius 1 is 1.11 bits per heavy atom. The molecule has 5 rings (SSSR count). The molecule has 7 heteroatoms. The number of fused-ring (bicyclic) bond motifs is 2. The van der Waals surface area contributed by atoms with Crippen molar-refractivity contribution in [1.82, 2.24) is 24.5 Å². The molecule has 0 spiro atoms. The largest absolute Gasteiger partial charge is 0.338 e. The normalized spacial score (nSPS) is 15.7. The van der Waals surface area contributed by atoms with Crippen LogP contribution in [0.4, 0.5) is 11.5 Å². The van der Waals surface area contributed by atoms with Crippen LogP contribution in [0, 0.1) is 0 Å². The van der Waals surface area contributed by atoms with E-state index in [9.17, 15) is 4.79 Å². The molecule has 7 nitrogen and oxygen atoms in total. The van der Waals surface area contributed by atoms with Crippen molar-refractivity contribution in [2.75, 3.05) is 18.0 Å². The van der Waals surface area contributed by atoms with E-state index in [1.807, 2.05) is 40.8 Å². The summed E-state index contributed by atoms with van der Waals surface area (Å²) in [4.78, 5) is 16.2. The molecule has 2 aliphatic rings. The zero-order valence-electron chi connectivity index (χ0n) is 16.5. The maximum Gasteiger partial charge on any atom is 0.219 e. The highest BCUT2D eigenvalue weighted by atomic mass is 16.2. The van der Waals surface area contributed by atoms with Crippen molar-refractivity contribution in [3.05, 3.63) is 47.4 Å². The number of hydrogen-bond acceptors (Lipinski definition) is 4. The molecule has 0 saturated carbocycles. The number of anilines is 2. The molecule has 2 aromatic heterocycles. The Hall–Kier alpha value is -3.09. The Balaban J connectivity index is 1.56. The molecule has 1 aromatic carbocycles. The van der Waals surface area contributed by atoms with Crippen LogP contribution in [0.2, 0.25) is 0 Å². The molecule has 0 N–H and O–H groups in total. The van der Waals surface area contributed by atoms with Crippen LogP contribution < -0.4 is 4.90 Å². The first-order chi connectivity index (χ1) is 13.5. The number of rotatable bonds is 2. The standard InChI is InChI=1S/C21H24N6O/c1-14(28)26-8-7-19-18(13-26)21(23-25(19)3)27-9-6-15-4-5-16(10-20(15)27)17-11-22-24(2)12-17/h4-5,10-12H,6-9,13H2,1-3H3. The van der Waals surface area contributed by atoms with Gasteiger partial charge in [-0.1, -0.05) is 12.1 Å². The Morgan fingerprint density at radius 3 is 2.71 bits per heavy atom. The Labute approximate surface area is 164 Å². The maximum atomic E-state index is 11.9. The average molecular weight is 376 g/mol. The van der Waals surface area contributed by atoms with Crippen LogP contribution in [-0.4, -0.2) is 43.5 Å². The van der Waals surface area contributed by atoms with Gasteiger partial charge in [-0.3, -0.25) is 14.2 Å². The lowest BCUT2D eigenvalue weighted by Crippen LogP contribution is -2.35. The van der Waals surface area contributed by atoms with Gasteiger partial charge in [-0.2, -0.15) is 10.2 Å². The van der Waals surface area contributed by atoms with Crippen molar-refractivity contribution >= 4 is 17.4 Å². The van der Waals surface area contributed by atoms with Gasteiger partial charge in [0.1, 0.15) is 0 Å². The first-order valence-corrected chi connectivity index (χ1v) is 9.71. The summed E-state index contributed by atoms with van der Waals surface area (Å²) in [6.45, 7) is 3.97. The lowest BCUT2D eigenvalue weighted by atomic mass is 10.0. The third kappa shape index (κ3) is 2.61. The van der Waals surface area contributed by atoms with Gasteiger partial charge in [0.15, 0.2) is 5.82 Å². The van der Waals surface area contributed by atoms with Gasteiger partial charge in [-0.15, -0.1) is 0 Å². The number of hydrogen-bond donors (Lipinski definition) is 0.